The molecular formula is C66H42N2. The molecule has 12 aromatic carbocycles. The Bertz CT molecular complexity index is 4080. The van der Waals surface area contributed by atoms with Crippen LogP contribution in [0.2, 0.25) is 0 Å². The van der Waals surface area contributed by atoms with Crippen molar-refractivity contribution in [3.63, 3.8) is 0 Å². The topological polar surface area (TPSA) is 9.86 Å². The van der Waals surface area contributed by atoms with Crippen molar-refractivity contribution in [2.75, 3.05) is 0 Å². The minimum Gasteiger partial charge on any atom is -0.309 e. The largest absolute Gasteiger partial charge is 0.309 e. The maximum absolute atomic E-state index is 2.50. The molecular weight excluding hydrogens is 821 g/mol. The summed E-state index contributed by atoms with van der Waals surface area (Å²) >= 11 is 0. The van der Waals surface area contributed by atoms with Gasteiger partial charge in [0.05, 0.1) is 22.1 Å². The Kier molecular flexibility index (Phi) is 8.62. The maximum Gasteiger partial charge on any atom is 0.0619 e. The van der Waals surface area contributed by atoms with E-state index >= 15 is 0 Å². The van der Waals surface area contributed by atoms with E-state index in [2.05, 4.69) is 264 Å². The fourth-order valence-electron chi connectivity index (χ4n) is 11.4. The highest BCUT2D eigenvalue weighted by molar-refractivity contribution is 6.25. The monoisotopic (exact) mass is 862 g/mol. The molecule has 0 bridgehead atoms. The third-order valence-electron chi connectivity index (χ3n) is 14.3. The summed E-state index contributed by atoms with van der Waals surface area (Å²) in [7, 11) is 0. The summed E-state index contributed by atoms with van der Waals surface area (Å²) in [6, 6.07) is 94.0. The molecule has 2 heterocycles. The molecule has 0 spiro atoms. The summed E-state index contributed by atoms with van der Waals surface area (Å²) in [6.45, 7) is 0. The van der Waals surface area contributed by atoms with E-state index < -0.39 is 0 Å². The van der Waals surface area contributed by atoms with Crippen molar-refractivity contribution in [3.8, 4) is 55.9 Å². The highest BCUT2D eigenvalue weighted by Crippen LogP contribution is 2.48. The van der Waals surface area contributed by atoms with E-state index in [1.54, 1.807) is 0 Å². The van der Waals surface area contributed by atoms with Crippen LogP contribution in [0.3, 0.4) is 0 Å². The van der Waals surface area contributed by atoms with Gasteiger partial charge in [0.15, 0.2) is 0 Å². The summed E-state index contributed by atoms with van der Waals surface area (Å²) in [4.78, 5) is 0. The average molecular weight is 863 g/mol. The highest BCUT2D eigenvalue weighted by Gasteiger charge is 2.23. The lowest BCUT2D eigenvalue weighted by atomic mass is 9.84. The van der Waals surface area contributed by atoms with Crippen molar-refractivity contribution in [2.45, 2.75) is 0 Å². The molecule has 0 fully saturated rings. The van der Waals surface area contributed by atoms with E-state index in [0.29, 0.717) is 0 Å². The Morgan fingerprint density at radius 3 is 1.19 bits per heavy atom. The molecule has 316 valence electrons. The second-order valence-electron chi connectivity index (χ2n) is 17.9. The SMILES string of the molecule is c1ccc(-c2ccc3c(-c4c5cccc(-c6cccc7c8ccccc8n(-c8ccccc8)c67)c5cc5c(-c6cccc7c8ccccc8n(-c8ccccc8)c67)cccc45)cccc3c2)cc1. The predicted molar refractivity (Wildman–Crippen MR) is 289 cm³/mol. The molecule has 14 aromatic rings. The van der Waals surface area contributed by atoms with Gasteiger partial charge in [0, 0.05) is 44.0 Å². The number of aromatic nitrogens is 2. The molecule has 0 N–H and O–H groups in total. The second-order valence-corrected chi connectivity index (χ2v) is 17.9. The number of hydrogen-bond donors (Lipinski definition) is 0. The van der Waals surface area contributed by atoms with Crippen molar-refractivity contribution in [1.82, 2.24) is 9.13 Å². The highest BCUT2D eigenvalue weighted by atomic mass is 15.0. The summed E-state index contributed by atoms with van der Waals surface area (Å²) in [5.74, 6) is 0. The lowest BCUT2D eigenvalue weighted by Crippen LogP contribution is -1.97. The van der Waals surface area contributed by atoms with Gasteiger partial charge in [0.2, 0.25) is 0 Å². The third-order valence-corrected chi connectivity index (χ3v) is 14.3. The van der Waals surface area contributed by atoms with Crippen molar-refractivity contribution >= 4 is 75.9 Å². The standard InChI is InChI=1S/C66H42N2/c1-4-19-43(20-5-1)44-39-40-48-45(41-44)21-14-30-53(48)64-54-31-15-28-49(56-33-17-35-58-51-26-10-12-37-62(51)67(65(56)58)46-22-6-2-7-23-46)60(54)42-61-50(29-16-32-55(61)64)57-34-18-36-59-52-27-11-13-38-63(52)68(66(57)59)47-24-8-3-9-25-47/h1-42H. The first-order chi connectivity index (χ1) is 33.8. The van der Waals surface area contributed by atoms with E-state index in [0.717, 1.165) is 11.4 Å². The summed E-state index contributed by atoms with van der Waals surface area (Å²) in [6.07, 6.45) is 0. The second kappa shape index (κ2) is 15.3. The average Bonchev–Trinajstić information content (AvgIpc) is 3.94. The molecule has 0 saturated heterocycles. The van der Waals surface area contributed by atoms with E-state index in [1.165, 1.54) is 120 Å². The first kappa shape index (κ1) is 38.3. The molecule has 0 saturated carbocycles. The van der Waals surface area contributed by atoms with Gasteiger partial charge in [0.25, 0.3) is 0 Å². The normalized spacial score (nSPS) is 11.8. The van der Waals surface area contributed by atoms with Crippen LogP contribution in [0.4, 0.5) is 0 Å². The van der Waals surface area contributed by atoms with Crippen LogP contribution >= 0.6 is 0 Å². The summed E-state index contributed by atoms with van der Waals surface area (Å²) < 4.78 is 4.93. The van der Waals surface area contributed by atoms with E-state index in [9.17, 15) is 0 Å². The Morgan fingerprint density at radius 2 is 0.647 bits per heavy atom. The van der Waals surface area contributed by atoms with Crippen LogP contribution in [0.25, 0.3) is 132 Å². The summed E-state index contributed by atoms with van der Waals surface area (Å²) in [5.41, 5.74) is 16.8. The zero-order valence-electron chi connectivity index (χ0n) is 37.1. The van der Waals surface area contributed by atoms with E-state index in [-0.39, 0.29) is 0 Å². The van der Waals surface area contributed by atoms with Crippen LogP contribution < -0.4 is 0 Å². The minimum atomic E-state index is 1.15. The number of rotatable bonds is 6. The lowest BCUT2D eigenvalue weighted by molar-refractivity contribution is 1.18. The molecule has 0 aliphatic rings. The Balaban J connectivity index is 1.13. The molecule has 0 atom stereocenters. The number of hydrogen-bond acceptors (Lipinski definition) is 0. The van der Waals surface area contributed by atoms with E-state index in [1.807, 2.05) is 0 Å². The van der Waals surface area contributed by atoms with Gasteiger partial charge in [0.1, 0.15) is 0 Å². The van der Waals surface area contributed by atoms with Gasteiger partial charge >= 0.3 is 0 Å². The van der Waals surface area contributed by atoms with E-state index in [4.69, 9.17) is 0 Å². The molecule has 2 heteroatoms. The molecule has 0 unspecified atom stereocenters. The van der Waals surface area contributed by atoms with Gasteiger partial charge in [-0.05, 0) is 114 Å². The van der Waals surface area contributed by atoms with Gasteiger partial charge in [-0.2, -0.15) is 0 Å². The maximum atomic E-state index is 2.50. The Labute approximate surface area is 393 Å². The van der Waals surface area contributed by atoms with Crippen molar-refractivity contribution in [1.29, 1.82) is 0 Å². The molecule has 0 radical (unpaired) electrons. The van der Waals surface area contributed by atoms with Gasteiger partial charge in [-0.1, -0.05) is 206 Å². The summed E-state index contributed by atoms with van der Waals surface area (Å²) in [5, 5.41) is 12.3. The molecule has 0 aliphatic carbocycles. The van der Waals surface area contributed by atoms with Crippen LogP contribution in [0, 0.1) is 0 Å². The quantitative estimate of drug-likeness (QED) is 0.147. The Morgan fingerprint density at radius 1 is 0.221 bits per heavy atom. The van der Waals surface area contributed by atoms with Gasteiger partial charge < -0.3 is 9.13 Å². The number of benzene rings is 12. The first-order valence-corrected chi connectivity index (χ1v) is 23.5. The Hall–Kier alpha value is -8.98. The molecule has 14 rings (SSSR count). The number of nitrogens with zero attached hydrogens (tertiary/aromatic N) is 2. The number of para-hydroxylation sites is 6. The minimum absolute atomic E-state index is 1.15. The number of fused-ring (bicyclic) bond motifs is 9. The van der Waals surface area contributed by atoms with Crippen molar-refractivity contribution in [3.05, 3.63) is 255 Å². The first-order valence-electron chi connectivity index (χ1n) is 23.5. The van der Waals surface area contributed by atoms with Gasteiger partial charge in [-0.25, -0.2) is 0 Å². The van der Waals surface area contributed by atoms with Crippen LogP contribution in [-0.4, -0.2) is 9.13 Å². The van der Waals surface area contributed by atoms with Crippen LogP contribution in [0.1, 0.15) is 0 Å². The van der Waals surface area contributed by atoms with Gasteiger partial charge in [-0.15, -0.1) is 0 Å². The molecule has 2 nitrogen and oxygen atoms in total. The predicted octanol–water partition coefficient (Wildman–Crippen LogP) is 18.0. The third kappa shape index (κ3) is 5.78. The fraction of sp³-hybridized carbons (Fsp3) is 0. The van der Waals surface area contributed by atoms with Crippen molar-refractivity contribution < 1.29 is 0 Å². The van der Waals surface area contributed by atoms with Gasteiger partial charge in [-0.3, -0.25) is 0 Å². The zero-order valence-corrected chi connectivity index (χ0v) is 37.1. The fourth-order valence-corrected chi connectivity index (χ4v) is 11.4. The molecule has 68 heavy (non-hydrogen) atoms. The smallest absolute Gasteiger partial charge is 0.0619 e. The van der Waals surface area contributed by atoms with Crippen molar-refractivity contribution in [2.24, 2.45) is 0 Å². The van der Waals surface area contributed by atoms with Crippen LogP contribution in [0.15, 0.2) is 255 Å². The molecule has 0 aliphatic heterocycles. The van der Waals surface area contributed by atoms with Crippen LogP contribution in [0.5, 0.6) is 0 Å². The van der Waals surface area contributed by atoms with Crippen LogP contribution in [-0.2, 0) is 0 Å². The molecule has 2 aromatic heterocycles. The molecule has 0 amide bonds. The lowest BCUT2D eigenvalue weighted by Gasteiger charge is -2.20. The zero-order chi connectivity index (χ0) is 44.7.